The molecule has 0 spiro atoms. The number of hydrogen-bond acceptors (Lipinski definition) is 1. The highest BCUT2D eigenvalue weighted by molar-refractivity contribution is 5.92. The number of hydrogen-bond donors (Lipinski definition) is 2. The summed E-state index contributed by atoms with van der Waals surface area (Å²) in [4.78, 5) is 4.07. The lowest BCUT2D eigenvalue weighted by Crippen LogP contribution is -2.25. The van der Waals surface area contributed by atoms with E-state index in [1.807, 2.05) is 6.07 Å². The Morgan fingerprint density at radius 3 is 2.75 bits per heavy atom. The first kappa shape index (κ1) is 13.3. The molecular formula is C15H19F2N3. The molecule has 0 heterocycles. The second-order valence-corrected chi connectivity index (χ2v) is 5.83. The molecule has 0 unspecified atom stereocenters. The minimum Gasteiger partial charge on any atom is -0.370 e. The van der Waals surface area contributed by atoms with Crippen LogP contribution in [0.25, 0.3) is 0 Å². The van der Waals surface area contributed by atoms with Gasteiger partial charge in [0, 0.05) is 5.69 Å². The largest absolute Gasteiger partial charge is 0.370 e. The third kappa shape index (κ3) is 2.62. The van der Waals surface area contributed by atoms with Gasteiger partial charge in [-0.05, 0) is 55.4 Å². The Morgan fingerprint density at radius 2 is 2.05 bits per heavy atom. The molecule has 0 saturated heterocycles. The number of nitrogens with zero attached hydrogens (tertiary/aromatic N) is 1. The van der Waals surface area contributed by atoms with Gasteiger partial charge < -0.3 is 11.1 Å². The van der Waals surface area contributed by atoms with Gasteiger partial charge >= 0.3 is 0 Å². The van der Waals surface area contributed by atoms with Crippen LogP contribution in [-0.4, -0.2) is 18.9 Å². The van der Waals surface area contributed by atoms with Crippen LogP contribution >= 0.6 is 0 Å². The standard InChI is InChI=1S/C15H19F2N3/c16-13(17)15(6-7-15)9-19-14(18)20-12-5-4-10-2-1-3-11(10)8-12/h4-5,8,13H,1-3,6-7,9H2,(H3,18,19,20). The van der Waals surface area contributed by atoms with Crippen LogP contribution in [0.3, 0.4) is 0 Å². The molecule has 0 amide bonds. The second kappa shape index (κ2) is 5.04. The maximum atomic E-state index is 12.8. The molecule has 1 aromatic rings. The number of halogens is 2. The first-order chi connectivity index (χ1) is 9.59. The van der Waals surface area contributed by atoms with Gasteiger partial charge in [-0.15, -0.1) is 0 Å². The number of benzene rings is 1. The highest BCUT2D eigenvalue weighted by atomic mass is 19.3. The average molecular weight is 279 g/mol. The summed E-state index contributed by atoms with van der Waals surface area (Å²) in [5.41, 5.74) is 8.48. The molecule has 3 N–H and O–H groups in total. The Kier molecular flexibility index (Phi) is 3.36. The van der Waals surface area contributed by atoms with Crippen molar-refractivity contribution in [3.63, 3.8) is 0 Å². The first-order valence-corrected chi connectivity index (χ1v) is 7.06. The third-order valence-corrected chi connectivity index (χ3v) is 4.29. The van der Waals surface area contributed by atoms with Crippen molar-refractivity contribution in [2.45, 2.75) is 38.5 Å². The maximum absolute atomic E-state index is 12.8. The van der Waals surface area contributed by atoms with E-state index in [4.69, 9.17) is 5.73 Å². The summed E-state index contributed by atoms with van der Waals surface area (Å²) in [5.74, 6) is 0.217. The average Bonchev–Trinajstić information content (AvgIpc) is 3.08. The summed E-state index contributed by atoms with van der Waals surface area (Å²) in [7, 11) is 0. The molecule has 20 heavy (non-hydrogen) atoms. The first-order valence-electron chi connectivity index (χ1n) is 7.06. The molecule has 2 aliphatic carbocycles. The van der Waals surface area contributed by atoms with E-state index in [-0.39, 0.29) is 12.5 Å². The van der Waals surface area contributed by atoms with Crippen LogP contribution in [0.5, 0.6) is 0 Å². The van der Waals surface area contributed by atoms with Crippen LogP contribution in [-0.2, 0) is 12.8 Å². The van der Waals surface area contributed by atoms with Crippen molar-refractivity contribution in [3.05, 3.63) is 29.3 Å². The Hall–Kier alpha value is -1.65. The molecule has 1 fully saturated rings. The van der Waals surface area contributed by atoms with Crippen molar-refractivity contribution in [1.82, 2.24) is 0 Å². The smallest absolute Gasteiger partial charge is 0.245 e. The lowest BCUT2D eigenvalue weighted by Gasteiger charge is -2.12. The Balaban J connectivity index is 1.62. The minimum atomic E-state index is -2.31. The van der Waals surface area contributed by atoms with Gasteiger partial charge in [0.1, 0.15) is 0 Å². The molecule has 3 nitrogen and oxygen atoms in total. The van der Waals surface area contributed by atoms with Crippen molar-refractivity contribution < 1.29 is 8.78 Å². The normalized spacial score (nSPS) is 20.1. The highest BCUT2D eigenvalue weighted by Gasteiger charge is 2.50. The van der Waals surface area contributed by atoms with Crippen LogP contribution in [0.4, 0.5) is 14.5 Å². The predicted octanol–water partition coefficient (Wildman–Crippen LogP) is 2.95. The topological polar surface area (TPSA) is 50.4 Å². The monoisotopic (exact) mass is 279 g/mol. The number of nitrogens with two attached hydrogens (primary N) is 1. The van der Waals surface area contributed by atoms with Gasteiger partial charge in [-0.2, -0.15) is 0 Å². The predicted molar refractivity (Wildman–Crippen MR) is 76.3 cm³/mol. The molecule has 0 aliphatic heterocycles. The van der Waals surface area contributed by atoms with Crippen molar-refractivity contribution in [2.75, 3.05) is 11.9 Å². The van der Waals surface area contributed by atoms with Gasteiger partial charge in [0.2, 0.25) is 6.43 Å². The number of aryl methyl sites for hydroxylation is 2. The fourth-order valence-electron chi connectivity index (χ4n) is 2.69. The number of aliphatic imine (C=N–C) groups is 1. The molecule has 0 atom stereocenters. The summed E-state index contributed by atoms with van der Waals surface area (Å²) in [6.07, 6.45) is 2.20. The van der Waals surface area contributed by atoms with Gasteiger partial charge in [-0.1, -0.05) is 6.07 Å². The van der Waals surface area contributed by atoms with Crippen molar-refractivity contribution in [3.8, 4) is 0 Å². The van der Waals surface area contributed by atoms with Crippen LogP contribution in [0, 0.1) is 5.41 Å². The van der Waals surface area contributed by atoms with Crippen LogP contribution in [0.1, 0.15) is 30.4 Å². The second-order valence-electron chi connectivity index (χ2n) is 5.83. The Labute approximate surface area is 117 Å². The van der Waals surface area contributed by atoms with E-state index in [0.29, 0.717) is 12.8 Å². The summed E-state index contributed by atoms with van der Waals surface area (Å²) < 4.78 is 25.5. The molecule has 1 aromatic carbocycles. The number of guanidine groups is 1. The van der Waals surface area contributed by atoms with Gasteiger partial charge in [0.05, 0.1) is 12.0 Å². The zero-order chi connectivity index (χ0) is 14.2. The van der Waals surface area contributed by atoms with Crippen molar-refractivity contribution >= 4 is 11.6 Å². The van der Waals surface area contributed by atoms with Gasteiger partial charge in [-0.25, -0.2) is 8.78 Å². The van der Waals surface area contributed by atoms with E-state index >= 15 is 0 Å². The van der Waals surface area contributed by atoms with Crippen LogP contribution in [0.2, 0.25) is 0 Å². The van der Waals surface area contributed by atoms with E-state index in [1.165, 1.54) is 17.5 Å². The van der Waals surface area contributed by atoms with Crippen LogP contribution < -0.4 is 11.1 Å². The van der Waals surface area contributed by atoms with Crippen molar-refractivity contribution in [1.29, 1.82) is 0 Å². The Morgan fingerprint density at radius 1 is 1.30 bits per heavy atom. The summed E-state index contributed by atoms with van der Waals surface area (Å²) in [5, 5.41) is 2.99. The zero-order valence-corrected chi connectivity index (χ0v) is 11.3. The lowest BCUT2D eigenvalue weighted by molar-refractivity contribution is 0.0667. The van der Waals surface area contributed by atoms with E-state index in [0.717, 1.165) is 18.5 Å². The quantitative estimate of drug-likeness (QED) is 0.657. The lowest BCUT2D eigenvalue weighted by atomic mass is 10.1. The molecular weight excluding hydrogens is 260 g/mol. The molecule has 3 rings (SSSR count). The molecule has 108 valence electrons. The SMILES string of the molecule is NC(=NCC1(C(F)F)CC1)Nc1ccc2c(c1)CCC2. The van der Waals surface area contributed by atoms with Gasteiger partial charge in [0.25, 0.3) is 0 Å². The van der Waals surface area contributed by atoms with Gasteiger partial charge in [-0.3, -0.25) is 4.99 Å². The maximum Gasteiger partial charge on any atom is 0.245 e. The number of anilines is 1. The van der Waals surface area contributed by atoms with E-state index in [1.54, 1.807) is 0 Å². The number of nitrogens with one attached hydrogen (secondary N) is 1. The molecule has 5 heteroatoms. The van der Waals surface area contributed by atoms with Crippen LogP contribution in [0.15, 0.2) is 23.2 Å². The van der Waals surface area contributed by atoms with E-state index in [2.05, 4.69) is 22.4 Å². The minimum absolute atomic E-state index is 0.106. The number of alkyl halides is 2. The molecule has 2 aliphatic rings. The van der Waals surface area contributed by atoms with E-state index < -0.39 is 11.8 Å². The number of fused-ring (bicyclic) bond motifs is 1. The zero-order valence-electron chi connectivity index (χ0n) is 11.3. The fraction of sp³-hybridized carbons (Fsp3) is 0.533. The summed E-state index contributed by atoms with van der Waals surface area (Å²) >= 11 is 0. The Bertz CT molecular complexity index is 536. The molecule has 1 saturated carbocycles. The van der Waals surface area contributed by atoms with Crippen molar-refractivity contribution in [2.24, 2.45) is 16.1 Å². The number of rotatable bonds is 4. The summed E-state index contributed by atoms with van der Waals surface area (Å²) in [6.45, 7) is 0.106. The molecule has 0 radical (unpaired) electrons. The van der Waals surface area contributed by atoms with E-state index in [9.17, 15) is 8.78 Å². The molecule has 0 aromatic heterocycles. The molecule has 0 bridgehead atoms. The third-order valence-electron chi connectivity index (χ3n) is 4.29. The summed E-state index contributed by atoms with van der Waals surface area (Å²) in [6, 6.07) is 6.14. The van der Waals surface area contributed by atoms with Gasteiger partial charge in [0.15, 0.2) is 5.96 Å². The fourth-order valence-corrected chi connectivity index (χ4v) is 2.69. The highest BCUT2D eigenvalue weighted by Crippen LogP contribution is 2.50.